The smallest absolute Gasteiger partial charge is 0.248 e. The Morgan fingerprint density at radius 2 is 1.72 bits per heavy atom. The van der Waals surface area contributed by atoms with Crippen molar-refractivity contribution in [1.82, 2.24) is 10.2 Å². The predicted molar refractivity (Wildman–Crippen MR) is 106 cm³/mol. The summed E-state index contributed by atoms with van der Waals surface area (Å²) < 4.78 is 0. The van der Waals surface area contributed by atoms with E-state index in [2.05, 4.69) is 19.2 Å². The Morgan fingerprint density at radius 1 is 1.14 bits per heavy atom. The van der Waals surface area contributed by atoms with Gasteiger partial charge in [-0.15, -0.1) is 0 Å². The zero-order chi connectivity index (χ0) is 21.1. The van der Waals surface area contributed by atoms with Crippen molar-refractivity contribution < 1.29 is 19.5 Å². The number of aliphatic hydroxyl groups is 1. The lowest BCUT2D eigenvalue weighted by Gasteiger charge is -2.33. The van der Waals surface area contributed by atoms with Crippen molar-refractivity contribution in [2.75, 3.05) is 6.54 Å². The van der Waals surface area contributed by atoms with Crippen LogP contribution in [0.3, 0.4) is 0 Å². The van der Waals surface area contributed by atoms with Crippen molar-refractivity contribution >= 4 is 17.7 Å². The number of hydrogen-bond donors (Lipinski definition) is 4. The lowest BCUT2D eigenvalue weighted by molar-refractivity contribution is -0.142. The molecule has 3 amide bonds. The fourth-order valence-corrected chi connectivity index (χ4v) is 5.29. The van der Waals surface area contributed by atoms with Crippen LogP contribution in [0.4, 0.5) is 0 Å². The first-order chi connectivity index (χ1) is 13.6. The summed E-state index contributed by atoms with van der Waals surface area (Å²) >= 11 is 0. The molecule has 2 unspecified atom stereocenters. The van der Waals surface area contributed by atoms with Gasteiger partial charge in [0, 0.05) is 6.54 Å². The Morgan fingerprint density at radius 3 is 2.28 bits per heavy atom. The summed E-state index contributed by atoms with van der Waals surface area (Å²) in [5.74, 6) is -0.0251. The van der Waals surface area contributed by atoms with Gasteiger partial charge in [-0.1, -0.05) is 39.5 Å². The number of hydrogen-bond acceptors (Lipinski definition) is 5. The van der Waals surface area contributed by atoms with Crippen molar-refractivity contribution in [3.05, 3.63) is 0 Å². The molecule has 3 saturated carbocycles. The molecule has 1 saturated heterocycles. The van der Waals surface area contributed by atoms with Gasteiger partial charge in [0.05, 0.1) is 12.1 Å². The van der Waals surface area contributed by atoms with Crippen LogP contribution in [0.15, 0.2) is 0 Å². The van der Waals surface area contributed by atoms with Gasteiger partial charge in [0.2, 0.25) is 17.7 Å². The van der Waals surface area contributed by atoms with Crippen LogP contribution >= 0.6 is 0 Å². The first-order valence-electron chi connectivity index (χ1n) is 10.9. The summed E-state index contributed by atoms with van der Waals surface area (Å²) in [6.07, 6.45) is 4.07. The number of carbonyl (C=O) groups excluding carboxylic acids is 3. The van der Waals surface area contributed by atoms with Crippen LogP contribution < -0.4 is 16.8 Å². The van der Waals surface area contributed by atoms with Crippen molar-refractivity contribution in [2.24, 2.45) is 40.6 Å². The average Bonchev–Trinajstić information content (AvgIpc) is 3.59. The molecule has 6 N–H and O–H groups in total. The summed E-state index contributed by atoms with van der Waals surface area (Å²) in [6, 6.07) is -1.89. The highest BCUT2D eigenvalue weighted by atomic mass is 16.3. The maximum atomic E-state index is 13.3. The van der Waals surface area contributed by atoms with Crippen molar-refractivity contribution in [3.8, 4) is 0 Å². The summed E-state index contributed by atoms with van der Waals surface area (Å²) in [5, 5.41) is 13.1. The van der Waals surface area contributed by atoms with E-state index in [1.54, 1.807) is 4.90 Å². The maximum Gasteiger partial charge on any atom is 0.248 e. The second-order valence-electron chi connectivity index (χ2n) is 10.3. The number of carbonyl (C=O) groups is 3. The lowest BCUT2D eigenvalue weighted by atomic mass is 9.97. The van der Waals surface area contributed by atoms with E-state index >= 15 is 0 Å². The number of nitrogens with two attached hydrogens (primary N) is 2. The van der Waals surface area contributed by atoms with Crippen LogP contribution in [0.1, 0.15) is 52.4 Å². The summed E-state index contributed by atoms with van der Waals surface area (Å²) in [4.78, 5) is 39.5. The molecule has 0 aromatic carbocycles. The van der Waals surface area contributed by atoms with E-state index in [0.29, 0.717) is 31.2 Å². The zero-order valence-corrected chi connectivity index (χ0v) is 17.3. The lowest BCUT2D eigenvalue weighted by Crippen LogP contribution is -2.58. The van der Waals surface area contributed by atoms with Gasteiger partial charge in [-0.3, -0.25) is 14.4 Å². The standard InChI is InChI=1S/C21H34N4O4/c1-21(2)12-9-25(20(29)13(22)7-10-3-4-10)16(15(12)21)19(28)24-14(8-11-5-6-11)17(26)18(23)27/h10-17,26H,3-9,22H2,1-2H3,(H2,23,27)(H,24,28)/t12-,13-,14?,15-,16-,17?/m0/s1. The Labute approximate surface area is 171 Å². The molecular formula is C21H34N4O4. The fourth-order valence-electron chi connectivity index (χ4n) is 5.29. The van der Waals surface area contributed by atoms with E-state index in [1.807, 2.05) is 0 Å². The van der Waals surface area contributed by atoms with Crippen LogP contribution in [0.2, 0.25) is 0 Å². The third-order valence-corrected chi connectivity index (χ3v) is 7.65. The maximum absolute atomic E-state index is 13.3. The van der Waals surface area contributed by atoms with Gasteiger partial charge in [-0.25, -0.2) is 0 Å². The van der Waals surface area contributed by atoms with Gasteiger partial charge >= 0.3 is 0 Å². The summed E-state index contributed by atoms with van der Waals surface area (Å²) in [7, 11) is 0. The van der Waals surface area contributed by atoms with E-state index in [1.165, 1.54) is 0 Å². The highest BCUT2D eigenvalue weighted by Gasteiger charge is 2.69. The largest absolute Gasteiger partial charge is 0.381 e. The molecule has 6 atom stereocenters. The number of primary amides is 1. The minimum Gasteiger partial charge on any atom is -0.381 e. The van der Waals surface area contributed by atoms with E-state index in [9.17, 15) is 19.5 Å². The normalized spacial score (nSPS) is 32.8. The Kier molecular flexibility index (Phi) is 5.14. The molecule has 0 aromatic heterocycles. The van der Waals surface area contributed by atoms with E-state index in [0.717, 1.165) is 25.7 Å². The first kappa shape index (κ1) is 20.6. The number of fused-ring (bicyclic) bond motifs is 1. The van der Waals surface area contributed by atoms with Gasteiger partial charge < -0.3 is 26.8 Å². The molecule has 4 rings (SSSR count). The third-order valence-electron chi connectivity index (χ3n) is 7.65. The molecule has 0 aromatic rings. The van der Waals surface area contributed by atoms with Crippen LogP contribution in [-0.4, -0.2) is 58.5 Å². The molecule has 8 nitrogen and oxygen atoms in total. The third kappa shape index (κ3) is 4.01. The number of nitrogens with zero attached hydrogens (tertiary/aromatic N) is 1. The first-order valence-corrected chi connectivity index (χ1v) is 10.9. The predicted octanol–water partition coefficient (Wildman–Crippen LogP) is -0.272. The number of piperidine rings is 1. The van der Waals surface area contributed by atoms with Crippen LogP contribution in [0, 0.1) is 29.1 Å². The van der Waals surface area contributed by atoms with Gasteiger partial charge in [0.15, 0.2) is 6.10 Å². The number of aliphatic hydroxyl groups excluding tert-OH is 1. The molecule has 3 aliphatic carbocycles. The molecule has 1 heterocycles. The summed E-state index contributed by atoms with van der Waals surface area (Å²) in [6.45, 7) is 4.78. The quantitative estimate of drug-likeness (QED) is 0.417. The molecule has 162 valence electrons. The molecule has 1 aliphatic heterocycles. The Hall–Kier alpha value is -1.67. The Balaban J connectivity index is 1.47. The highest BCUT2D eigenvalue weighted by molar-refractivity contribution is 5.92. The second kappa shape index (κ2) is 7.23. The van der Waals surface area contributed by atoms with Crippen LogP contribution in [-0.2, 0) is 14.4 Å². The van der Waals surface area contributed by atoms with Crippen molar-refractivity contribution in [1.29, 1.82) is 0 Å². The van der Waals surface area contributed by atoms with Crippen molar-refractivity contribution in [2.45, 2.75) is 76.6 Å². The molecule has 8 heteroatoms. The van der Waals surface area contributed by atoms with E-state index < -0.39 is 30.1 Å². The number of rotatable bonds is 9. The van der Waals surface area contributed by atoms with Crippen LogP contribution in [0.25, 0.3) is 0 Å². The summed E-state index contributed by atoms with van der Waals surface area (Å²) in [5.41, 5.74) is 11.4. The number of likely N-dealkylation sites (tertiary alicyclic amines) is 1. The second-order valence-corrected chi connectivity index (χ2v) is 10.3. The topological polar surface area (TPSA) is 139 Å². The highest BCUT2D eigenvalue weighted by Crippen LogP contribution is 2.65. The van der Waals surface area contributed by atoms with Crippen LogP contribution in [0.5, 0.6) is 0 Å². The molecule has 29 heavy (non-hydrogen) atoms. The fraction of sp³-hybridized carbons (Fsp3) is 0.857. The molecule has 0 spiro atoms. The minimum atomic E-state index is -1.43. The monoisotopic (exact) mass is 406 g/mol. The molecule has 4 aliphatic rings. The average molecular weight is 407 g/mol. The number of amides is 3. The SMILES string of the molecule is CC1(C)[C@@H]2[C@@H](C(=O)NC(CC3CC3)C(O)C(N)=O)N(C(=O)[C@@H](N)CC3CC3)C[C@@H]21. The minimum absolute atomic E-state index is 0.00628. The molecule has 0 radical (unpaired) electrons. The molecule has 0 bridgehead atoms. The van der Waals surface area contributed by atoms with Gasteiger partial charge in [0.1, 0.15) is 6.04 Å². The van der Waals surface area contributed by atoms with Gasteiger partial charge in [0.25, 0.3) is 0 Å². The molecular weight excluding hydrogens is 372 g/mol. The van der Waals surface area contributed by atoms with E-state index in [-0.39, 0.29) is 29.1 Å². The zero-order valence-electron chi connectivity index (χ0n) is 17.3. The molecule has 4 fully saturated rings. The van der Waals surface area contributed by atoms with Crippen molar-refractivity contribution in [3.63, 3.8) is 0 Å². The number of nitrogens with one attached hydrogen (secondary N) is 1. The van der Waals surface area contributed by atoms with Gasteiger partial charge in [-0.05, 0) is 41.9 Å². The Bertz CT molecular complexity index is 703. The van der Waals surface area contributed by atoms with Gasteiger partial charge in [-0.2, -0.15) is 0 Å². The van der Waals surface area contributed by atoms with E-state index in [4.69, 9.17) is 11.5 Å².